The molecule has 0 aliphatic carbocycles. The molecule has 296 valence electrons. The van der Waals surface area contributed by atoms with Gasteiger partial charge in [0.1, 0.15) is 23.7 Å². The largest absolute Gasteiger partial charge is 0.453 e. The summed E-state index contributed by atoms with van der Waals surface area (Å²) in [5.41, 5.74) is 4.53. The van der Waals surface area contributed by atoms with Gasteiger partial charge in [0.05, 0.1) is 37.7 Å². The van der Waals surface area contributed by atoms with Crippen LogP contribution in [-0.4, -0.2) is 101 Å². The second kappa shape index (κ2) is 17.6. The fourth-order valence-corrected chi connectivity index (χ4v) is 7.43. The number of amides is 5. The minimum absolute atomic E-state index is 0.114. The molecule has 2 fully saturated rings. The summed E-state index contributed by atoms with van der Waals surface area (Å²) in [4.78, 5) is 79.4. The van der Waals surface area contributed by atoms with Crippen LogP contribution in [0.15, 0.2) is 60.8 Å². The van der Waals surface area contributed by atoms with E-state index in [4.69, 9.17) is 4.74 Å². The quantitative estimate of drug-likeness (QED) is 0.141. The van der Waals surface area contributed by atoms with Crippen molar-refractivity contribution in [3.63, 3.8) is 0 Å². The van der Waals surface area contributed by atoms with Crippen LogP contribution in [0, 0.1) is 11.8 Å². The molecule has 0 saturated carbocycles. The molecule has 2 saturated heterocycles. The molecule has 2 aromatic carbocycles. The Balaban J connectivity index is 1.08. The molecule has 4 atom stereocenters. The van der Waals surface area contributed by atoms with E-state index in [2.05, 4.69) is 41.7 Å². The van der Waals surface area contributed by atoms with E-state index < -0.39 is 24.3 Å². The van der Waals surface area contributed by atoms with Gasteiger partial charge in [-0.2, -0.15) is 0 Å². The minimum atomic E-state index is -0.698. The Bertz CT molecular complexity index is 2070. The molecular weight excluding hydrogens is 716 g/mol. The number of ether oxygens (including phenoxy) is 2. The van der Waals surface area contributed by atoms with Crippen molar-refractivity contribution < 1.29 is 33.4 Å². The maximum atomic E-state index is 13.5. The highest BCUT2D eigenvalue weighted by Crippen LogP contribution is 2.33. The third-order valence-corrected chi connectivity index (χ3v) is 10.5. The number of nitrogens with zero attached hydrogens (tertiary/aromatic N) is 4. The maximum Gasteiger partial charge on any atom is 0.407 e. The monoisotopic (exact) mass is 766 g/mol. The van der Waals surface area contributed by atoms with Crippen molar-refractivity contribution in [2.24, 2.45) is 11.8 Å². The number of carbonyl (C=O) groups is 5. The fourth-order valence-electron chi connectivity index (χ4n) is 7.43. The fraction of sp³-hybridized carbons (Fsp3) is 0.439. The van der Waals surface area contributed by atoms with Gasteiger partial charge in [-0.15, -0.1) is 0 Å². The Morgan fingerprint density at radius 2 is 1.55 bits per heavy atom. The summed E-state index contributed by atoms with van der Waals surface area (Å²) in [5, 5.41) is 9.11. The normalized spacial score (nSPS) is 17.8. The van der Waals surface area contributed by atoms with E-state index in [-0.39, 0.29) is 42.0 Å². The highest BCUT2D eigenvalue weighted by molar-refractivity contribution is 5.98. The predicted molar refractivity (Wildman–Crippen MR) is 210 cm³/mol. The highest BCUT2D eigenvalue weighted by Gasteiger charge is 2.38. The SMILES string of the molecule is COC(=O)NC[C@@H](C)CC(=O)N1CCC[C@H]1C(=O)Nc1ccc2cc(-c3ccc(-c4cnc(C5CCCN5C(=O)[C@@H](NC(=O)OC)C(C)C)[nH]4)cc3)ccc2n1. The summed E-state index contributed by atoms with van der Waals surface area (Å²) in [6.07, 6.45) is 3.72. The van der Waals surface area contributed by atoms with Gasteiger partial charge in [0, 0.05) is 31.4 Å². The van der Waals surface area contributed by atoms with Gasteiger partial charge in [-0.25, -0.2) is 19.6 Å². The average molecular weight is 767 g/mol. The van der Waals surface area contributed by atoms with Crippen LogP contribution in [0.2, 0.25) is 0 Å². The lowest BCUT2D eigenvalue weighted by atomic mass is 10.0. The molecule has 2 aromatic heterocycles. The number of pyridine rings is 1. The Hall–Kier alpha value is -5.99. The molecule has 4 N–H and O–H groups in total. The van der Waals surface area contributed by atoms with Gasteiger partial charge in [-0.05, 0) is 78.5 Å². The first-order valence-corrected chi connectivity index (χ1v) is 19.1. The number of fused-ring (bicyclic) bond motifs is 1. The zero-order valence-electron chi connectivity index (χ0n) is 32.5. The molecule has 15 heteroatoms. The number of nitrogens with one attached hydrogen (secondary N) is 4. The Labute approximate surface area is 325 Å². The second-order valence-corrected chi connectivity index (χ2v) is 14.8. The van der Waals surface area contributed by atoms with Gasteiger partial charge in [-0.1, -0.05) is 51.1 Å². The van der Waals surface area contributed by atoms with Crippen molar-refractivity contribution in [3.05, 3.63) is 66.6 Å². The van der Waals surface area contributed by atoms with E-state index in [1.807, 2.05) is 63.2 Å². The molecular formula is C41H50N8O7. The number of alkyl carbamates (subject to hydrolysis) is 2. The first-order valence-electron chi connectivity index (χ1n) is 19.1. The summed E-state index contributed by atoms with van der Waals surface area (Å²) in [6.45, 7) is 7.04. The van der Waals surface area contributed by atoms with Crippen molar-refractivity contribution in [3.8, 4) is 22.4 Å². The van der Waals surface area contributed by atoms with E-state index in [9.17, 15) is 24.0 Å². The van der Waals surface area contributed by atoms with Gasteiger partial charge >= 0.3 is 12.2 Å². The van der Waals surface area contributed by atoms with Crippen molar-refractivity contribution in [1.82, 2.24) is 35.4 Å². The molecule has 4 aromatic rings. The van der Waals surface area contributed by atoms with Crippen molar-refractivity contribution in [2.75, 3.05) is 39.2 Å². The van der Waals surface area contributed by atoms with Crippen LogP contribution >= 0.6 is 0 Å². The third kappa shape index (κ3) is 9.09. The number of aromatic amines is 1. The smallest absolute Gasteiger partial charge is 0.407 e. The molecule has 4 heterocycles. The molecule has 5 amide bonds. The molecule has 0 bridgehead atoms. The number of aromatic nitrogens is 3. The summed E-state index contributed by atoms with van der Waals surface area (Å²) >= 11 is 0. The number of carbonyl (C=O) groups excluding carboxylic acids is 5. The number of likely N-dealkylation sites (tertiary alicyclic amines) is 2. The first-order chi connectivity index (χ1) is 26.9. The van der Waals surface area contributed by atoms with Crippen molar-refractivity contribution in [2.45, 2.75) is 71.0 Å². The highest BCUT2D eigenvalue weighted by atomic mass is 16.5. The second-order valence-electron chi connectivity index (χ2n) is 14.8. The van der Waals surface area contributed by atoms with E-state index in [1.165, 1.54) is 14.2 Å². The van der Waals surface area contributed by atoms with E-state index in [0.717, 1.165) is 52.5 Å². The number of hydrogen-bond donors (Lipinski definition) is 4. The van der Waals surface area contributed by atoms with Gasteiger partial charge < -0.3 is 40.2 Å². The van der Waals surface area contributed by atoms with Crippen molar-refractivity contribution >= 4 is 46.6 Å². The number of H-pyrrole nitrogens is 1. The first kappa shape index (κ1) is 39.7. The topological polar surface area (TPSA) is 188 Å². The molecule has 0 radical (unpaired) electrons. The molecule has 6 rings (SSSR count). The Kier molecular flexibility index (Phi) is 12.5. The summed E-state index contributed by atoms with van der Waals surface area (Å²) in [6, 6.07) is 16.3. The molecule has 56 heavy (non-hydrogen) atoms. The third-order valence-electron chi connectivity index (χ3n) is 10.5. The molecule has 2 aliphatic heterocycles. The molecule has 2 aliphatic rings. The predicted octanol–water partition coefficient (Wildman–Crippen LogP) is 5.65. The standard InChI is InChI=1S/C41H50N8O7/c1-24(2)36(47-41(54)56-5)39(52)49-19-6-8-32(49)37-42-23-31(45-37)27-12-10-26(11-13-27)28-14-16-30-29(21-28)15-17-34(44-30)46-38(51)33-9-7-18-48(33)35(50)20-25(3)22-43-40(53)55-4/h10-17,21,23-25,32-33,36H,6-9,18-20,22H2,1-5H3,(H,42,45)(H,43,53)(H,47,54)(H,44,46,51)/t25-,32?,33-,36-/m0/s1. The van der Waals surface area contributed by atoms with E-state index >= 15 is 0 Å². The Morgan fingerprint density at radius 1 is 0.857 bits per heavy atom. The van der Waals surface area contributed by atoms with Crippen LogP contribution < -0.4 is 16.0 Å². The van der Waals surface area contributed by atoms with Crippen LogP contribution in [0.5, 0.6) is 0 Å². The summed E-state index contributed by atoms with van der Waals surface area (Å²) in [5.74, 6) is 0.342. The molecule has 15 nitrogen and oxygen atoms in total. The lowest BCUT2D eigenvalue weighted by Crippen LogP contribution is -2.51. The number of imidazole rings is 1. The van der Waals surface area contributed by atoms with Crippen LogP contribution in [0.3, 0.4) is 0 Å². The number of benzene rings is 2. The maximum absolute atomic E-state index is 13.5. The van der Waals surface area contributed by atoms with Gasteiger partial charge in [0.15, 0.2) is 0 Å². The number of hydrogen-bond acceptors (Lipinski definition) is 9. The van der Waals surface area contributed by atoms with Crippen molar-refractivity contribution in [1.29, 1.82) is 0 Å². The van der Waals surface area contributed by atoms with E-state index in [0.29, 0.717) is 37.7 Å². The minimum Gasteiger partial charge on any atom is -0.453 e. The Morgan fingerprint density at radius 3 is 2.29 bits per heavy atom. The van der Waals surface area contributed by atoms with Crippen LogP contribution in [0.25, 0.3) is 33.3 Å². The number of anilines is 1. The molecule has 1 unspecified atom stereocenters. The van der Waals surface area contributed by atoms with Gasteiger partial charge in [-0.3, -0.25) is 14.4 Å². The van der Waals surface area contributed by atoms with Gasteiger partial charge in [0.25, 0.3) is 0 Å². The van der Waals surface area contributed by atoms with Crippen LogP contribution in [-0.2, 0) is 23.9 Å². The lowest BCUT2D eigenvalue weighted by molar-refractivity contribution is -0.137. The lowest BCUT2D eigenvalue weighted by Gasteiger charge is -2.30. The van der Waals surface area contributed by atoms with E-state index in [1.54, 1.807) is 22.1 Å². The zero-order valence-corrected chi connectivity index (χ0v) is 32.5. The van der Waals surface area contributed by atoms with Gasteiger partial charge in [0.2, 0.25) is 17.7 Å². The number of methoxy groups -OCH3 is 2. The van der Waals surface area contributed by atoms with Crippen LogP contribution in [0.1, 0.15) is 64.7 Å². The van der Waals surface area contributed by atoms with Crippen LogP contribution in [0.4, 0.5) is 15.4 Å². The molecule has 0 spiro atoms. The average Bonchev–Trinajstić information content (AvgIpc) is 4.00. The number of rotatable bonds is 12. The zero-order chi connectivity index (χ0) is 39.9. The summed E-state index contributed by atoms with van der Waals surface area (Å²) in [7, 11) is 2.57. The summed E-state index contributed by atoms with van der Waals surface area (Å²) < 4.78 is 9.34.